The Labute approximate surface area is 223 Å². The number of hydrogen-bond acceptors (Lipinski definition) is 5. The van der Waals surface area contributed by atoms with Crippen LogP contribution in [0.3, 0.4) is 0 Å². The molecule has 2 aliphatic carbocycles. The molecule has 3 amide bonds. The van der Waals surface area contributed by atoms with E-state index in [0.717, 1.165) is 62.6 Å². The fraction of sp³-hybridized carbons (Fsp3) is 0.552. The summed E-state index contributed by atoms with van der Waals surface area (Å²) in [5, 5.41) is 2.71. The van der Waals surface area contributed by atoms with E-state index in [1.54, 1.807) is 24.4 Å². The summed E-state index contributed by atoms with van der Waals surface area (Å²) in [7, 11) is 0. The van der Waals surface area contributed by atoms with E-state index in [2.05, 4.69) is 21.2 Å². The van der Waals surface area contributed by atoms with Crippen molar-refractivity contribution >= 4 is 17.7 Å². The lowest BCUT2D eigenvalue weighted by Gasteiger charge is -2.28. The first-order valence-corrected chi connectivity index (χ1v) is 13.8. The Kier molecular flexibility index (Phi) is 8.97. The van der Waals surface area contributed by atoms with Crippen LogP contribution in [0.2, 0.25) is 0 Å². The molecule has 9 heteroatoms. The van der Waals surface area contributed by atoms with Gasteiger partial charge in [-0.2, -0.15) is 0 Å². The predicted molar refractivity (Wildman–Crippen MR) is 145 cm³/mol. The van der Waals surface area contributed by atoms with Crippen LogP contribution in [0, 0.1) is 5.92 Å². The van der Waals surface area contributed by atoms with E-state index in [-0.39, 0.29) is 16.7 Å². The van der Waals surface area contributed by atoms with Gasteiger partial charge in [0.1, 0.15) is 11.1 Å². The third-order valence-electron chi connectivity index (χ3n) is 7.72. The van der Waals surface area contributed by atoms with Crippen LogP contribution in [-0.2, 0) is 24.2 Å². The lowest BCUT2D eigenvalue weighted by molar-refractivity contribution is -0.126. The number of carbonyl (C=O) groups excluding carboxylic acids is 3. The second-order valence-electron chi connectivity index (χ2n) is 11.1. The van der Waals surface area contributed by atoms with E-state index in [0.29, 0.717) is 12.5 Å². The summed E-state index contributed by atoms with van der Waals surface area (Å²) >= 11 is 0. The van der Waals surface area contributed by atoms with Crippen LogP contribution >= 0.6 is 0 Å². The van der Waals surface area contributed by atoms with Crippen LogP contribution in [0.25, 0.3) is 0 Å². The molecular weight excluding hydrogens is 482 g/mol. The molecule has 1 saturated carbocycles. The SMILES string of the molecule is CC(C)(NC(=O)c1cc2c(n(CC3CCCCC3)c1=O)CCCCCC2)C(=O)NNC(=O)c1cccnc1. The average molecular weight is 522 g/mol. The lowest BCUT2D eigenvalue weighted by atomic mass is 9.88. The smallest absolute Gasteiger partial charge is 0.271 e. The maximum Gasteiger partial charge on any atom is 0.271 e. The molecule has 0 radical (unpaired) electrons. The first-order valence-electron chi connectivity index (χ1n) is 13.8. The van der Waals surface area contributed by atoms with Crippen LogP contribution in [-0.4, -0.2) is 32.8 Å². The highest BCUT2D eigenvalue weighted by atomic mass is 16.2. The zero-order chi connectivity index (χ0) is 27.1. The van der Waals surface area contributed by atoms with Gasteiger partial charge in [0.15, 0.2) is 0 Å². The maximum atomic E-state index is 13.7. The van der Waals surface area contributed by atoms with E-state index < -0.39 is 23.3 Å². The molecule has 0 unspecified atom stereocenters. The number of hydrazine groups is 1. The Morgan fingerprint density at radius 3 is 2.39 bits per heavy atom. The van der Waals surface area contributed by atoms with Crippen molar-refractivity contribution in [2.24, 2.45) is 5.92 Å². The van der Waals surface area contributed by atoms with Gasteiger partial charge in [-0.1, -0.05) is 32.1 Å². The number of nitrogens with one attached hydrogen (secondary N) is 3. The van der Waals surface area contributed by atoms with E-state index in [9.17, 15) is 19.2 Å². The number of fused-ring (bicyclic) bond motifs is 1. The van der Waals surface area contributed by atoms with Gasteiger partial charge in [0.05, 0.1) is 5.56 Å². The van der Waals surface area contributed by atoms with Gasteiger partial charge in [0, 0.05) is 24.6 Å². The summed E-state index contributed by atoms with van der Waals surface area (Å²) < 4.78 is 1.87. The van der Waals surface area contributed by atoms with E-state index in [1.807, 2.05) is 4.57 Å². The Morgan fingerprint density at radius 2 is 1.68 bits per heavy atom. The maximum absolute atomic E-state index is 13.7. The standard InChI is InChI=1S/C29H39N5O4/c1-29(2,28(38)33-32-25(35)22-14-10-16-30-18-22)31-26(36)23-17-21-13-8-3-4-9-15-24(21)34(27(23)37)19-20-11-6-5-7-12-20/h10,14,16-18,20H,3-9,11-13,15,19H2,1-2H3,(H,31,36)(H,32,35)(H,33,38). The van der Waals surface area contributed by atoms with Crippen LogP contribution in [0.15, 0.2) is 35.4 Å². The molecule has 0 saturated heterocycles. The summed E-state index contributed by atoms with van der Waals surface area (Å²) in [6.07, 6.45) is 14.8. The topological polar surface area (TPSA) is 122 Å². The number of hydrogen-bond donors (Lipinski definition) is 3. The largest absolute Gasteiger partial charge is 0.338 e. The van der Waals surface area contributed by atoms with Crippen molar-refractivity contribution < 1.29 is 14.4 Å². The van der Waals surface area contributed by atoms with E-state index >= 15 is 0 Å². The molecule has 4 rings (SSSR count). The number of pyridine rings is 2. The van der Waals surface area contributed by atoms with Crippen molar-refractivity contribution in [1.29, 1.82) is 0 Å². The summed E-state index contributed by atoms with van der Waals surface area (Å²) in [6, 6.07) is 4.93. The minimum Gasteiger partial charge on any atom is -0.338 e. The Hall–Kier alpha value is -3.49. The van der Waals surface area contributed by atoms with Gasteiger partial charge in [0.2, 0.25) is 0 Å². The molecule has 2 aromatic heterocycles. The molecule has 0 bridgehead atoms. The van der Waals surface area contributed by atoms with E-state index in [1.165, 1.54) is 39.3 Å². The highest BCUT2D eigenvalue weighted by Gasteiger charge is 2.32. The normalized spacial score (nSPS) is 16.5. The van der Waals surface area contributed by atoms with Gasteiger partial charge in [0.25, 0.3) is 23.3 Å². The number of aryl methyl sites for hydroxylation is 1. The monoisotopic (exact) mass is 521 g/mol. The van der Waals surface area contributed by atoms with Crippen LogP contribution < -0.4 is 21.7 Å². The van der Waals surface area contributed by atoms with Crippen LogP contribution in [0.4, 0.5) is 0 Å². The minimum atomic E-state index is -1.38. The van der Waals surface area contributed by atoms with Gasteiger partial charge in [-0.05, 0) is 82.1 Å². The Morgan fingerprint density at radius 1 is 0.974 bits per heavy atom. The molecule has 38 heavy (non-hydrogen) atoms. The molecule has 2 aliphatic rings. The van der Waals surface area contributed by atoms with Gasteiger partial charge in [-0.3, -0.25) is 35.0 Å². The van der Waals surface area contributed by atoms with Gasteiger partial charge in [-0.15, -0.1) is 0 Å². The zero-order valence-corrected chi connectivity index (χ0v) is 22.5. The molecule has 0 aliphatic heterocycles. The van der Waals surface area contributed by atoms with Crippen molar-refractivity contribution in [3.8, 4) is 0 Å². The third kappa shape index (κ3) is 6.68. The highest BCUT2D eigenvalue weighted by molar-refractivity contribution is 6.00. The number of aromatic nitrogens is 2. The number of carbonyl (C=O) groups is 3. The van der Waals surface area contributed by atoms with Gasteiger partial charge < -0.3 is 9.88 Å². The van der Waals surface area contributed by atoms with E-state index in [4.69, 9.17) is 0 Å². The second kappa shape index (κ2) is 12.4. The number of nitrogens with zero attached hydrogens (tertiary/aromatic N) is 2. The molecule has 1 fully saturated rings. The molecule has 3 N–H and O–H groups in total. The Bertz CT molecular complexity index is 1220. The minimum absolute atomic E-state index is 0.0698. The first-order chi connectivity index (χ1) is 18.3. The third-order valence-corrected chi connectivity index (χ3v) is 7.72. The van der Waals surface area contributed by atoms with Crippen molar-refractivity contribution in [1.82, 2.24) is 25.7 Å². The average Bonchev–Trinajstić information content (AvgIpc) is 2.90. The van der Waals surface area contributed by atoms with Crippen LogP contribution in [0.1, 0.15) is 104 Å². The van der Waals surface area contributed by atoms with Crippen LogP contribution in [0.5, 0.6) is 0 Å². The molecule has 0 aromatic carbocycles. The van der Waals surface area contributed by atoms with Crippen molar-refractivity contribution in [2.75, 3.05) is 0 Å². The second-order valence-corrected chi connectivity index (χ2v) is 11.1. The summed E-state index contributed by atoms with van der Waals surface area (Å²) in [6.45, 7) is 3.71. The molecule has 204 valence electrons. The van der Waals surface area contributed by atoms with Gasteiger partial charge in [-0.25, -0.2) is 0 Å². The first kappa shape index (κ1) is 27.5. The number of amides is 3. The summed E-state index contributed by atoms with van der Waals surface area (Å²) in [5.74, 6) is -1.28. The molecule has 2 heterocycles. The molecule has 2 aromatic rings. The van der Waals surface area contributed by atoms with Crippen molar-refractivity contribution in [3.05, 3.63) is 63.3 Å². The van der Waals surface area contributed by atoms with Gasteiger partial charge >= 0.3 is 0 Å². The molecule has 0 atom stereocenters. The van der Waals surface area contributed by atoms with Crippen molar-refractivity contribution in [3.63, 3.8) is 0 Å². The lowest BCUT2D eigenvalue weighted by Crippen LogP contribution is -2.59. The quantitative estimate of drug-likeness (QED) is 0.503. The molecule has 0 spiro atoms. The zero-order valence-electron chi connectivity index (χ0n) is 22.5. The summed E-state index contributed by atoms with van der Waals surface area (Å²) in [5.41, 5.74) is 5.53. The number of rotatable bonds is 6. The fourth-order valence-electron chi connectivity index (χ4n) is 5.46. The Balaban J connectivity index is 1.53. The predicted octanol–water partition coefficient (Wildman–Crippen LogP) is 3.45. The summed E-state index contributed by atoms with van der Waals surface area (Å²) in [4.78, 5) is 56.2. The highest BCUT2D eigenvalue weighted by Crippen LogP contribution is 2.27. The molecular formula is C29H39N5O4. The molecule has 9 nitrogen and oxygen atoms in total. The fourth-order valence-corrected chi connectivity index (χ4v) is 5.46. The van der Waals surface area contributed by atoms with Crippen molar-refractivity contribution in [2.45, 2.75) is 96.6 Å².